The Kier molecular flexibility index (Phi) is 7.26. The van der Waals surface area contributed by atoms with Crippen LogP contribution in [0.25, 0.3) is 0 Å². The number of rotatable bonds is 6. The molecule has 0 aliphatic heterocycles. The number of hydrogen-bond donors (Lipinski definition) is 2. The lowest BCUT2D eigenvalue weighted by Gasteiger charge is -2.30. The van der Waals surface area contributed by atoms with Gasteiger partial charge in [-0.3, -0.25) is 4.79 Å². The van der Waals surface area contributed by atoms with Crippen molar-refractivity contribution in [1.29, 1.82) is 0 Å². The lowest BCUT2D eigenvalue weighted by Crippen LogP contribution is -2.47. The summed E-state index contributed by atoms with van der Waals surface area (Å²) in [5, 5.41) is 2.93. The molecule has 1 aromatic rings. The molecule has 4 nitrogen and oxygen atoms in total. The number of nitrogens with one attached hydrogen (secondary N) is 1. The molecule has 0 aromatic heterocycles. The fraction of sp³-hybridized carbons (Fsp3) is 0.562. The van der Waals surface area contributed by atoms with Crippen molar-refractivity contribution in [2.75, 3.05) is 20.3 Å². The van der Waals surface area contributed by atoms with E-state index in [4.69, 9.17) is 10.5 Å². The summed E-state index contributed by atoms with van der Waals surface area (Å²) in [4.78, 5) is 11.9. The largest absolute Gasteiger partial charge is 0.383 e. The van der Waals surface area contributed by atoms with Crippen LogP contribution in [0, 0.1) is 5.82 Å². The summed E-state index contributed by atoms with van der Waals surface area (Å²) >= 11 is 0. The molecule has 0 radical (unpaired) electrons. The van der Waals surface area contributed by atoms with Gasteiger partial charge in [-0.15, -0.1) is 12.4 Å². The highest BCUT2D eigenvalue weighted by atomic mass is 35.5. The Hall–Kier alpha value is -1.17. The van der Waals surface area contributed by atoms with E-state index in [1.165, 1.54) is 19.2 Å². The summed E-state index contributed by atoms with van der Waals surface area (Å²) in [5.74, 6) is -0.441. The van der Waals surface area contributed by atoms with E-state index in [0.717, 1.165) is 31.2 Å². The smallest absolute Gasteiger partial charge is 0.239 e. The molecule has 2 rings (SSSR count). The third-order valence-electron chi connectivity index (χ3n) is 4.30. The Morgan fingerprint density at radius 1 is 1.36 bits per heavy atom. The maximum Gasteiger partial charge on any atom is 0.239 e. The standard InChI is InChI=1S/C16H23FN2O2.ClH/c1-21-10-14(18)15(20)19-11-16(8-2-3-9-16)12-4-6-13(17)7-5-12;/h4-7,14H,2-3,8-11,18H2,1H3,(H,19,20);1H. The van der Waals surface area contributed by atoms with Gasteiger partial charge in [0.05, 0.1) is 6.61 Å². The van der Waals surface area contributed by atoms with Gasteiger partial charge in [0.2, 0.25) is 5.91 Å². The van der Waals surface area contributed by atoms with Gasteiger partial charge in [-0.1, -0.05) is 25.0 Å². The van der Waals surface area contributed by atoms with Crippen molar-refractivity contribution in [3.05, 3.63) is 35.6 Å². The zero-order valence-electron chi connectivity index (χ0n) is 12.8. The summed E-state index contributed by atoms with van der Waals surface area (Å²) in [6.07, 6.45) is 4.24. The predicted molar refractivity (Wildman–Crippen MR) is 86.7 cm³/mol. The van der Waals surface area contributed by atoms with Crippen molar-refractivity contribution in [2.24, 2.45) is 5.73 Å². The van der Waals surface area contributed by atoms with Gasteiger partial charge < -0.3 is 15.8 Å². The van der Waals surface area contributed by atoms with Crippen LogP contribution in [0.15, 0.2) is 24.3 Å². The van der Waals surface area contributed by atoms with Gasteiger partial charge in [0.25, 0.3) is 0 Å². The molecule has 3 N–H and O–H groups in total. The molecule has 1 amide bonds. The number of halogens is 2. The van der Waals surface area contributed by atoms with Crippen LogP contribution >= 0.6 is 12.4 Å². The van der Waals surface area contributed by atoms with E-state index in [1.807, 2.05) is 12.1 Å². The second kappa shape index (κ2) is 8.46. The van der Waals surface area contributed by atoms with E-state index in [-0.39, 0.29) is 36.2 Å². The lowest BCUT2D eigenvalue weighted by atomic mass is 9.78. The second-order valence-electron chi connectivity index (χ2n) is 5.77. The number of amides is 1. The maximum absolute atomic E-state index is 13.1. The molecule has 1 aliphatic carbocycles. The van der Waals surface area contributed by atoms with Crippen molar-refractivity contribution >= 4 is 18.3 Å². The SMILES string of the molecule is COCC(N)C(=O)NCC1(c2ccc(F)cc2)CCCC1.Cl. The van der Waals surface area contributed by atoms with Crippen molar-refractivity contribution in [2.45, 2.75) is 37.1 Å². The number of methoxy groups -OCH3 is 1. The summed E-state index contributed by atoms with van der Waals surface area (Å²) in [6.45, 7) is 0.740. The monoisotopic (exact) mass is 330 g/mol. The molecular formula is C16H24ClFN2O2. The number of nitrogens with two attached hydrogens (primary N) is 1. The van der Waals surface area contributed by atoms with Crippen molar-refractivity contribution < 1.29 is 13.9 Å². The Balaban J connectivity index is 0.00000242. The van der Waals surface area contributed by atoms with E-state index < -0.39 is 6.04 Å². The van der Waals surface area contributed by atoms with E-state index in [2.05, 4.69) is 5.32 Å². The Bertz CT molecular complexity index is 476. The highest BCUT2D eigenvalue weighted by Crippen LogP contribution is 2.40. The molecule has 124 valence electrons. The summed E-state index contributed by atoms with van der Waals surface area (Å²) in [6, 6.07) is 5.95. The first-order valence-electron chi connectivity index (χ1n) is 7.36. The molecule has 1 saturated carbocycles. The first kappa shape index (κ1) is 18.9. The summed E-state index contributed by atoms with van der Waals surface area (Å²) in [5.41, 5.74) is 6.71. The average Bonchev–Trinajstić information content (AvgIpc) is 2.96. The minimum absolute atomic E-state index is 0. The van der Waals surface area contributed by atoms with E-state index >= 15 is 0 Å². The minimum atomic E-state index is -0.651. The fourth-order valence-corrected chi connectivity index (χ4v) is 3.07. The van der Waals surface area contributed by atoms with Gasteiger partial charge in [-0.05, 0) is 30.5 Å². The predicted octanol–water partition coefficient (Wildman–Crippen LogP) is 2.15. The third kappa shape index (κ3) is 4.41. The van der Waals surface area contributed by atoms with E-state index in [0.29, 0.717) is 6.54 Å². The van der Waals surface area contributed by atoms with Gasteiger partial charge in [0, 0.05) is 19.1 Å². The van der Waals surface area contributed by atoms with Gasteiger partial charge >= 0.3 is 0 Å². The molecule has 1 unspecified atom stereocenters. The van der Waals surface area contributed by atoms with Crippen molar-refractivity contribution in [3.63, 3.8) is 0 Å². The molecule has 0 spiro atoms. The number of benzene rings is 1. The minimum Gasteiger partial charge on any atom is -0.383 e. The Morgan fingerprint density at radius 3 is 2.50 bits per heavy atom. The van der Waals surface area contributed by atoms with Gasteiger partial charge in [0.1, 0.15) is 11.9 Å². The number of carbonyl (C=O) groups is 1. The van der Waals surface area contributed by atoms with Crippen molar-refractivity contribution in [1.82, 2.24) is 5.32 Å². The second-order valence-corrected chi connectivity index (χ2v) is 5.77. The maximum atomic E-state index is 13.1. The molecule has 22 heavy (non-hydrogen) atoms. The van der Waals surface area contributed by atoms with Crippen LogP contribution in [0.4, 0.5) is 4.39 Å². The molecule has 6 heteroatoms. The van der Waals surface area contributed by atoms with Crippen LogP contribution in [0.5, 0.6) is 0 Å². The van der Waals surface area contributed by atoms with Gasteiger partial charge in [-0.25, -0.2) is 4.39 Å². The number of carbonyl (C=O) groups excluding carboxylic acids is 1. The van der Waals surface area contributed by atoms with Gasteiger partial charge in [-0.2, -0.15) is 0 Å². The molecule has 1 fully saturated rings. The summed E-state index contributed by atoms with van der Waals surface area (Å²) < 4.78 is 18.0. The number of hydrogen-bond acceptors (Lipinski definition) is 3. The number of ether oxygens (including phenoxy) is 1. The Labute approximate surface area is 137 Å². The quantitative estimate of drug-likeness (QED) is 0.840. The highest BCUT2D eigenvalue weighted by molar-refractivity contribution is 5.85. The lowest BCUT2D eigenvalue weighted by molar-refractivity contribution is -0.123. The van der Waals surface area contributed by atoms with Crippen LogP contribution in [-0.2, 0) is 14.9 Å². The van der Waals surface area contributed by atoms with Crippen LogP contribution < -0.4 is 11.1 Å². The summed E-state index contributed by atoms with van der Waals surface area (Å²) in [7, 11) is 1.52. The first-order chi connectivity index (χ1) is 10.1. The molecule has 1 aromatic carbocycles. The van der Waals surface area contributed by atoms with Crippen LogP contribution in [0.2, 0.25) is 0 Å². The average molecular weight is 331 g/mol. The molecule has 1 aliphatic rings. The third-order valence-corrected chi connectivity index (χ3v) is 4.30. The molecule has 1 atom stereocenters. The zero-order chi connectivity index (χ0) is 15.3. The van der Waals surface area contributed by atoms with Crippen LogP contribution in [0.1, 0.15) is 31.2 Å². The van der Waals surface area contributed by atoms with Crippen molar-refractivity contribution in [3.8, 4) is 0 Å². The molecule has 0 bridgehead atoms. The normalized spacial score (nSPS) is 17.6. The topological polar surface area (TPSA) is 64.3 Å². The van der Waals surface area contributed by atoms with Crippen LogP contribution in [0.3, 0.4) is 0 Å². The molecular weight excluding hydrogens is 307 g/mol. The fourth-order valence-electron chi connectivity index (χ4n) is 3.07. The Morgan fingerprint density at radius 2 is 1.95 bits per heavy atom. The molecule has 0 heterocycles. The van der Waals surface area contributed by atoms with Gasteiger partial charge in [0.15, 0.2) is 0 Å². The highest BCUT2D eigenvalue weighted by Gasteiger charge is 2.36. The zero-order valence-corrected chi connectivity index (χ0v) is 13.6. The van der Waals surface area contributed by atoms with E-state index in [1.54, 1.807) is 0 Å². The van der Waals surface area contributed by atoms with E-state index in [9.17, 15) is 9.18 Å². The molecule has 0 saturated heterocycles. The van der Waals surface area contributed by atoms with Crippen LogP contribution in [-0.4, -0.2) is 32.2 Å². The first-order valence-corrected chi connectivity index (χ1v) is 7.36.